The van der Waals surface area contributed by atoms with Crippen molar-refractivity contribution in [1.29, 1.82) is 0 Å². The first-order chi connectivity index (χ1) is 17.7. The van der Waals surface area contributed by atoms with Gasteiger partial charge in [0.2, 0.25) is 10.0 Å². The summed E-state index contributed by atoms with van der Waals surface area (Å²) in [5.74, 6) is -0.996. The number of thiazole rings is 1. The van der Waals surface area contributed by atoms with Gasteiger partial charge in [0.05, 0.1) is 22.2 Å². The molecule has 4 rings (SSSR count). The number of methoxy groups -OCH3 is 1. The van der Waals surface area contributed by atoms with Crippen LogP contribution in [0.4, 0.5) is 0 Å². The molecule has 1 aromatic heterocycles. The van der Waals surface area contributed by atoms with Crippen LogP contribution >= 0.6 is 11.3 Å². The Morgan fingerprint density at radius 3 is 2.35 bits per heavy atom. The van der Waals surface area contributed by atoms with Gasteiger partial charge in [0.1, 0.15) is 6.54 Å². The van der Waals surface area contributed by atoms with Crippen LogP contribution in [0.3, 0.4) is 0 Å². The normalized spacial score (nSPS) is 12.3. The van der Waals surface area contributed by atoms with E-state index in [1.807, 2.05) is 48.5 Å². The van der Waals surface area contributed by atoms with E-state index in [0.717, 1.165) is 27.8 Å². The van der Waals surface area contributed by atoms with Crippen LogP contribution < -0.4 is 4.80 Å². The molecule has 1 amide bonds. The number of aryl methyl sites for hydroxylation is 1. The number of benzene rings is 3. The number of nitrogens with zero attached hydrogens (tertiary/aromatic N) is 3. The first kappa shape index (κ1) is 26.5. The van der Waals surface area contributed by atoms with Crippen LogP contribution in [-0.4, -0.2) is 43.3 Å². The minimum Gasteiger partial charge on any atom is -0.468 e. The number of carbonyl (C=O) groups is 2. The lowest BCUT2D eigenvalue weighted by Crippen LogP contribution is -2.26. The van der Waals surface area contributed by atoms with Gasteiger partial charge in [-0.2, -0.15) is 9.30 Å². The average Bonchev–Trinajstić information content (AvgIpc) is 3.24. The van der Waals surface area contributed by atoms with E-state index in [1.54, 1.807) is 4.57 Å². The number of hydrogen-bond donors (Lipinski definition) is 0. The van der Waals surface area contributed by atoms with Gasteiger partial charge < -0.3 is 9.30 Å². The van der Waals surface area contributed by atoms with Crippen LogP contribution in [0.1, 0.15) is 28.4 Å². The van der Waals surface area contributed by atoms with Crippen molar-refractivity contribution in [3.8, 4) is 0 Å². The molecule has 0 bridgehead atoms. The van der Waals surface area contributed by atoms with Crippen molar-refractivity contribution in [3.05, 3.63) is 94.3 Å². The van der Waals surface area contributed by atoms with Crippen molar-refractivity contribution >= 4 is 43.5 Å². The fraction of sp³-hybridized carbons (Fsp3) is 0.222. The molecule has 0 fully saturated rings. The van der Waals surface area contributed by atoms with Gasteiger partial charge in [-0.1, -0.05) is 54.7 Å². The van der Waals surface area contributed by atoms with Crippen molar-refractivity contribution in [2.24, 2.45) is 4.99 Å². The summed E-state index contributed by atoms with van der Waals surface area (Å²) in [5.41, 5.74) is 3.02. The van der Waals surface area contributed by atoms with E-state index >= 15 is 0 Å². The first-order valence-electron chi connectivity index (χ1n) is 11.6. The smallest absolute Gasteiger partial charge is 0.325 e. The zero-order chi connectivity index (χ0) is 26.6. The predicted molar refractivity (Wildman–Crippen MR) is 143 cm³/mol. The Morgan fingerprint density at radius 2 is 1.70 bits per heavy atom. The molecule has 0 aliphatic carbocycles. The molecule has 4 aromatic rings. The Morgan fingerprint density at radius 1 is 1.00 bits per heavy atom. The second kappa shape index (κ2) is 11.2. The quantitative estimate of drug-likeness (QED) is 0.317. The molecule has 0 aliphatic rings. The number of fused-ring (bicyclic) bond motifs is 1. The number of rotatable bonds is 8. The highest BCUT2D eigenvalue weighted by atomic mass is 32.2. The molecular weight excluding hydrogens is 510 g/mol. The number of amides is 1. The average molecular weight is 538 g/mol. The van der Waals surface area contributed by atoms with E-state index < -0.39 is 21.9 Å². The Balaban J connectivity index is 1.63. The maximum atomic E-state index is 13.0. The van der Waals surface area contributed by atoms with E-state index in [1.165, 1.54) is 54.1 Å². The molecule has 0 atom stereocenters. The monoisotopic (exact) mass is 537 g/mol. The molecule has 0 N–H and O–H groups in total. The fourth-order valence-corrected chi connectivity index (χ4v) is 6.05. The summed E-state index contributed by atoms with van der Waals surface area (Å²) in [5, 5.41) is 0. The van der Waals surface area contributed by atoms with Crippen molar-refractivity contribution in [2.45, 2.75) is 31.3 Å². The van der Waals surface area contributed by atoms with E-state index in [9.17, 15) is 18.0 Å². The topological polar surface area (TPSA) is 98.0 Å². The standard InChI is InChI=1S/C27H27N3O5S2/c1-4-19-10-15-23-24(16-19)36-27(30(23)18-25(31)35-3)28-26(32)21-11-13-22(14-12-21)37(33,34)29(2)17-20-8-6-5-7-9-20/h5-16H,4,17-18H2,1-3H3. The summed E-state index contributed by atoms with van der Waals surface area (Å²) in [6.07, 6.45) is 0.853. The number of hydrogen-bond acceptors (Lipinski definition) is 6. The van der Waals surface area contributed by atoms with Crippen LogP contribution in [-0.2, 0) is 39.1 Å². The number of ether oxygens (including phenoxy) is 1. The summed E-state index contributed by atoms with van der Waals surface area (Å²) in [4.78, 5) is 29.7. The Labute approximate surface area is 219 Å². The predicted octanol–water partition coefficient (Wildman–Crippen LogP) is 4.00. The Bertz CT molecular complexity index is 1610. The maximum absolute atomic E-state index is 13.0. The van der Waals surface area contributed by atoms with Crippen molar-refractivity contribution in [3.63, 3.8) is 0 Å². The third-order valence-electron chi connectivity index (χ3n) is 5.92. The summed E-state index contributed by atoms with van der Waals surface area (Å²) >= 11 is 1.31. The lowest BCUT2D eigenvalue weighted by molar-refractivity contribution is -0.141. The number of esters is 1. The van der Waals surface area contributed by atoms with E-state index in [2.05, 4.69) is 11.9 Å². The molecule has 0 saturated carbocycles. The maximum Gasteiger partial charge on any atom is 0.325 e. The van der Waals surface area contributed by atoms with Crippen molar-refractivity contribution in [1.82, 2.24) is 8.87 Å². The molecule has 8 nitrogen and oxygen atoms in total. The molecule has 37 heavy (non-hydrogen) atoms. The van der Waals surface area contributed by atoms with E-state index in [0.29, 0.717) is 4.80 Å². The van der Waals surface area contributed by atoms with Crippen molar-refractivity contribution < 1.29 is 22.7 Å². The molecule has 1 heterocycles. The molecule has 0 unspecified atom stereocenters. The third kappa shape index (κ3) is 5.87. The second-order valence-corrected chi connectivity index (χ2v) is 11.4. The van der Waals surface area contributed by atoms with Crippen LogP contribution in [0.15, 0.2) is 82.7 Å². The number of aromatic nitrogens is 1. The van der Waals surface area contributed by atoms with Gasteiger partial charge in [-0.3, -0.25) is 9.59 Å². The zero-order valence-electron chi connectivity index (χ0n) is 20.7. The van der Waals surface area contributed by atoms with Crippen LogP contribution in [0.25, 0.3) is 10.2 Å². The molecule has 0 saturated heterocycles. The highest BCUT2D eigenvalue weighted by Crippen LogP contribution is 2.21. The Hall–Kier alpha value is -3.60. The van der Waals surface area contributed by atoms with Gasteiger partial charge in [0.25, 0.3) is 5.91 Å². The minimum absolute atomic E-state index is 0.0807. The van der Waals surface area contributed by atoms with Gasteiger partial charge in [0.15, 0.2) is 4.80 Å². The number of carbonyl (C=O) groups excluding carboxylic acids is 2. The van der Waals surface area contributed by atoms with E-state index in [4.69, 9.17) is 4.74 Å². The van der Waals surface area contributed by atoms with Gasteiger partial charge in [-0.25, -0.2) is 8.42 Å². The summed E-state index contributed by atoms with van der Waals surface area (Å²) < 4.78 is 34.7. The van der Waals surface area contributed by atoms with Crippen LogP contribution in [0, 0.1) is 0 Å². The summed E-state index contributed by atoms with van der Waals surface area (Å²) in [6, 6.07) is 20.9. The van der Waals surface area contributed by atoms with Gasteiger partial charge in [-0.15, -0.1) is 0 Å². The summed E-state index contributed by atoms with van der Waals surface area (Å²) in [7, 11) is -0.925. The molecule has 3 aromatic carbocycles. The lowest BCUT2D eigenvalue weighted by Gasteiger charge is -2.17. The SMILES string of the molecule is CCc1ccc2c(c1)sc(=NC(=O)c1ccc(S(=O)(=O)N(C)Cc3ccccc3)cc1)n2CC(=O)OC. The fourth-order valence-electron chi connectivity index (χ4n) is 3.80. The minimum atomic E-state index is -3.75. The Kier molecular flexibility index (Phi) is 8.01. The molecule has 192 valence electrons. The largest absolute Gasteiger partial charge is 0.468 e. The molecule has 0 radical (unpaired) electrons. The number of sulfonamides is 1. The zero-order valence-corrected chi connectivity index (χ0v) is 22.4. The van der Waals surface area contributed by atoms with Gasteiger partial charge in [0, 0.05) is 19.2 Å². The van der Waals surface area contributed by atoms with Crippen molar-refractivity contribution in [2.75, 3.05) is 14.2 Å². The molecule has 10 heteroatoms. The van der Waals surface area contributed by atoms with Crippen LogP contribution in [0.2, 0.25) is 0 Å². The molecule has 0 spiro atoms. The van der Waals surface area contributed by atoms with Crippen LogP contribution in [0.5, 0.6) is 0 Å². The van der Waals surface area contributed by atoms with Gasteiger partial charge in [-0.05, 0) is 53.9 Å². The van der Waals surface area contributed by atoms with Gasteiger partial charge >= 0.3 is 5.97 Å². The molecule has 0 aliphatic heterocycles. The van der Waals surface area contributed by atoms with E-state index in [-0.39, 0.29) is 23.5 Å². The third-order valence-corrected chi connectivity index (χ3v) is 8.78. The lowest BCUT2D eigenvalue weighted by atomic mass is 10.2. The highest BCUT2D eigenvalue weighted by molar-refractivity contribution is 7.89. The second-order valence-electron chi connectivity index (χ2n) is 8.39. The first-order valence-corrected chi connectivity index (χ1v) is 13.9. The highest BCUT2D eigenvalue weighted by Gasteiger charge is 2.21. The summed E-state index contributed by atoms with van der Waals surface area (Å²) in [6.45, 7) is 2.19. The molecular formula is C27H27N3O5S2.